The van der Waals surface area contributed by atoms with Gasteiger partial charge in [0, 0.05) is 20.1 Å². The fourth-order valence-corrected chi connectivity index (χ4v) is 2.16. The Hall–Kier alpha value is -1.29. The largest absolute Gasteiger partial charge is 0.373 e. The molecule has 1 aliphatic rings. The number of amides is 1. The van der Waals surface area contributed by atoms with Gasteiger partial charge in [-0.2, -0.15) is 0 Å². The van der Waals surface area contributed by atoms with Crippen LogP contribution in [0.3, 0.4) is 0 Å². The van der Waals surface area contributed by atoms with Gasteiger partial charge >= 0.3 is 0 Å². The van der Waals surface area contributed by atoms with Gasteiger partial charge < -0.3 is 10.2 Å². The summed E-state index contributed by atoms with van der Waals surface area (Å²) in [5.74, 6) is 0.599. The molecule has 1 N–H and O–H groups in total. The van der Waals surface area contributed by atoms with Gasteiger partial charge in [0.2, 0.25) is 0 Å². The summed E-state index contributed by atoms with van der Waals surface area (Å²) < 4.78 is 0. The van der Waals surface area contributed by atoms with Gasteiger partial charge in [0.1, 0.15) is 11.5 Å². The highest BCUT2D eigenvalue weighted by Gasteiger charge is 2.21. The van der Waals surface area contributed by atoms with Crippen molar-refractivity contribution in [2.75, 3.05) is 25.5 Å². The Labute approximate surface area is 106 Å². The SMILES string of the molecule is CNc1ccc(Cl)c(C(=O)N2CCCCC2)n1. The number of rotatable bonds is 2. The van der Waals surface area contributed by atoms with Crippen LogP contribution in [-0.4, -0.2) is 35.9 Å². The lowest BCUT2D eigenvalue weighted by atomic mass is 10.1. The highest BCUT2D eigenvalue weighted by atomic mass is 35.5. The maximum atomic E-state index is 12.2. The van der Waals surface area contributed by atoms with Crippen molar-refractivity contribution in [3.63, 3.8) is 0 Å². The average Bonchev–Trinajstić information content (AvgIpc) is 2.39. The molecule has 1 aliphatic heterocycles. The molecule has 0 aliphatic carbocycles. The first kappa shape index (κ1) is 12.2. The van der Waals surface area contributed by atoms with E-state index in [0.29, 0.717) is 16.5 Å². The number of carbonyl (C=O) groups is 1. The van der Waals surface area contributed by atoms with Crippen molar-refractivity contribution < 1.29 is 4.79 Å². The molecule has 2 rings (SSSR count). The maximum absolute atomic E-state index is 12.2. The number of pyridine rings is 1. The van der Waals surface area contributed by atoms with Gasteiger partial charge in [-0.25, -0.2) is 4.98 Å². The summed E-state index contributed by atoms with van der Waals surface area (Å²) in [6.07, 6.45) is 3.33. The third kappa shape index (κ3) is 2.69. The van der Waals surface area contributed by atoms with Crippen LogP contribution in [0, 0.1) is 0 Å². The summed E-state index contributed by atoms with van der Waals surface area (Å²) in [6.45, 7) is 1.61. The van der Waals surface area contributed by atoms with E-state index in [4.69, 9.17) is 11.6 Å². The first-order valence-electron chi connectivity index (χ1n) is 5.86. The molecule has 0 aromatic carbocycles. The number of halogens is 1. The van der Waals surface area contributed by atoms with E-state index >= 15 is 0 Å². The van der Waals surface area contributed by atoms with E-state index in [-0.39, 0.29) is 5.91 Å². The topological polar surface area (TPSA) is 45.2 Å². The quantitative estimate of drug-likeness (QED) is 0.880. The molecular weight excluding hydrogens is 238 g/mol. The number of anilines is 1. The van der Waals surface area contributed by atoms with Gasteiger partial charge in [0.25, 0.3) is 5.91 Å². The van der Waals surface area contributed by atoms with Crippen LogP contribution in [0.1, 0.15) is 29.8 Å². The fourth-order valence-electron chi connectivity index (χ4n) is 1.98. The van der Waals surface area contributed by atoms with Crippen LogP contribution in [0.4, 0.5) is 5.82 Å². The molecule has 1 saturated heterocycles. The zero-order chi connectivity index (χ0) is 12.3. The molecule has 17 heavy (non-hydrogen) atoms. The van der Waals surface area contributed by atoms with Crippen molar-refractivity contribution in [2.24, 2.45) is 0 Å². The Bertz CT molecular complexity index is 416. The third-order valence-corrected chi connectivity index (χ3v) is 3.25. The van der Waals surface area contributed by atoms with E-state index in [2.05, 4.69) is 10.3 Å². The predicted molar refractivity (Wildman–Crippen MR) is 68.5 cm³/mol. The molecule has 1 aromatic heterocycles. The number of piperidine rings is 1. The van der Waals surface area contributed by atoms with E-state index in [1.807, 2.05) is 4.90 Å². The normalized spacial score (nSPS) is 15.8. The Morgan fingerprint density at radius 1 is 1.35 bits per heavy atom. The van der Waals surface area contributed by atoms with Crippen LogP contribution >= 0.6 is 11.6 Å². The van der Waals surface area contributed by atoms with Crippen LogP contribution in [0.2, 0.25) is 5.02 Å². The van der Waals surface area contributed by atoms with Crippen molar-refractivity contribution in [1.29, 1.82) is 0 Å². The number of likely N-dealkylation sites (tertiary alicyclic amines) is 1. The lowest BCUT2D eigenvalue weighted by molar-refractivity contribution is 0.0719. The number of hydrogen-bond donors (Lipinski definition) is 1. The zero-order valence-electron chi connectivity index (χ0n) is 9.87. The summed E-state index contributed by atoms with van der Waals surface area (Å²) in [7, 11) is 1.77. The van der Waals surface area contributed by atoms with Gasteiger partial charge in [-0.3, -0.25) is 4.79 Å². The van der Waals surface area contributed by atoms with Gasteiger partial charge in [-0.05, 0) is 31.4 Å². The van der Waals surface area contributed by atoms with Crippen molar-refractivity contribution >= 4 is 23.3 Å². The first-order chi connectivity index (χ1) is 8.22. The molecule has 1 fully saturated rings. The average molecular weight is 254 g/mol. The molecule has 0 atom stereocenters. The minimum Gasteiger partial charge on any atom is -0.373 e. The Morgan fingerprint density at radius 3 is 2.71 bits per heavy atom. The number of hydrogen-bond acceptors (Lipinski definition) is 3. The lowest BCUT2D eigenvalue weighted by Crippen LogP contribution is -2.36. The van der Waals surface area contributed by atoms with Gasteiger partial charge in [-0.15, -0.1) is 0 Å². The van der Waals surface area contributed by atoms with Gasteiger partial charge in [-0.1, -0.05) is 11.6 Å². The van der Waals surface area contributed by atoms with Gasteiger partial charge in [0.05, 0.1) is 5.02 Å². The lowest BCUT2D eigenvalue weighted by Gasteiger charge is -2.26. The van der Waals surface area contributed by atoms with Crippen molar-refractivity contribution in [2.45, 2.75) is 19.3 Å². The van der Waals surface area contributed by atoms with Gasteiger partial charge in [0.15, 0.2) is 0 Å². The van der Waals surface area contributed by atoms with Crippen molar-refractivity contribution in [3.8, 4) is 0 Å². The molecule has 92 valence electrons. The highest BCUT2D eigenvalue weighted by Crippen LogP contribution is 2.20. The van der Waals surface area contributed by atoms with Crippen LogP contribution in [0.5, 0.6) is 0 Å². The van der Waals surface area contributed by atoms with Crippen LogP contribution in [-0.2, 0) is 0 Å². The van der Waals surface area contributed by atoms with E-state index in [0.717, 1.165) is 25.9 Å². The molecular formula is C12H16ClN3O. The fraction of sp³-hybridized carbons (Fsp3) is 0.500. The summed E-state index contributed by atoms with van der Waals surface area (Å²) in [5, 5.41) is 3.33. The van der Waals surface area contributed by atoms with E-state index in [1.165, 1.54) is 6.42 Å². The van der Waals surface area contributed by atoms with E-state index < -0.39 is 0 Å². The molecule has 2 heterocycles. The molecule has 4 nitrogen and oxygen atoms in total. The van der Waals surface area contributed by atoms with Crippen LogP contribution < -0.4 is 5.32 Å². The molecule has 0 saturated carbocycles. The second kappa shape index (κ2) is 5.36. The van der Waals surface area contributed by atoms with E-state index in [9.17, 15) is 4.79 Å². The van der Waals surface area contributed by atoms with Crippen molar-refractivity contribution in [3.05, 3.63) is 22.8 Å². The second-order valence-corrected chi connectivity index (χ2v) is 4.54. The number of aromatic nitrogens is 1. The van der Waals surface area contributed by atoms with Crippen molar-refractivity contribution in [1.82, 2.24) is 9.88 Å². The molecule has 0 bridgehead atoms. The van der Waals surface area contributed by atoms with E-state index in [1.54, 1.807) is 19.2 Å². The Balaban J connectivity index is 2.22. The summed E-state index contributed by atoms with van der Waals surface area (Å²) in [5.41, 5.74) is 0.348. The predicted octanol–water partition coefficient (Wildman–Crippen LogP) is 2.40. The summed E-state index contributed by atoms with van der Waals surface area (Å²) >= 11 is 6.03. The van der Waals surface area contributed by atoms with Crippen LogP contribution in [0.15, 0.2) is 12.1 Å². The monoisotopic (exact) mass is 253 g/mol. The minimum atomic E-state index is -0.0631. The smallest absolute Gasteiger partial charge is 0.274 e. The minimum absolute atomic E-state index is 0.0631. The third-order valence-electron chi connectivity index (χ3n) is 2.95. The van der Waals surface area contributed by atoms with Crippen LogP contribution in [0.25, 0.3) is 0 Å². The zero-order valence-corrected chi connectivity index (χ0v) is 10.6. The number of nitrogens with zero attached hydrogens (tertiary/aromatic N) is 2. The molecule has 0 spiro atoms. The number of carbonyl (C=O) groups excluding carboxylic acids is 1. The number of nitrogens with one attached hydrogen (secondary N) is 1. The Morgan fingerprint density at radius 2 is 2.06 bits per heavy atom. The standard InChI is InChI=1S/C12H16ClN3O/c1-14-10-6-5-9(13)11(15-10)12(17)16-7-3-2-4-8-16/h5-6H,2-4,7-8H2,1H3,(H,14,15). The molecule has 5 heteroatoms. The Kier molecular flexibility index (Phi) is 3.84. The molecule has 1 aromatic rings. The molecule has 0 unspecified atom stereocenters. The highest BCUT2D eigenvalue weighted by molar-refractivity contribution is 6.33. The maximum Gasteiger partial charge on any atom is 0.274 e. The molecule has 0 radical (unpaired) electrons. The first-order valence-corrected chi connectivity index (χ1v) is 6.24. The summed E-state index contributed by atoms with van der Waals surface area (Å²) in [4.78, 5) is 18.3. The molecule has 1 amide bonds. The summed E-state index contributed by atoms with van der Waals surface area (Å²) in [6, 6.07) is 3.47. The second-order valence-electron chi connectivity index (χ2n) is 4.13.